The first-order valence-corrected chi connectivity index (χ1v) is 6.29. The van der Waals surface area contributed by atoms with Crippen LogP contribution in [-0.2, 0) is 6.42 Å². The fourth-order valence-corrected chi connectivity index (χ4v) is 2.20. The summed E-state index contributed by atoms with van der Waals surface area (Å²) in [6.07, 6.45) is 4.76. The smallest absolute Gasteiger partial charge is 0.0394 e. The second-order valence-corrected chi connectivity index (χ2v) is 4.58. The maximum atomic E-state index is 6.08. The second kappa shape index (κ2) is 5.09. The zero-order valence-corrected chi connectivity index (χ0v) is 10.4. The van der Waals surface area contributed by atoms with E-state index in [0.29, 0.717) is 0 Å². The molecule has 17 heavy (non-hydrogen) atoms. The first-order valence-electron chi connectivity index (χ1n) is 6.29. The quantitative estimate of drug-likeness (QED) is 0.618. The molecule has 4 N–H and O–H groups in total. The Bertz CT molecular complexity index is 518. The van der Waals surface area contributed by atoms with Crippen molar-refractivity contribution in [3.05, 3.63) is 35.9 Å². The third-order valence-electron chi connectivity index (χ3n) is 3.22. The molecule has 0 saturated heterocycles. The Kier molecular flexibility index (Phi) is 3.52. The molecule has 0 saturated carbocycles. The van der Waals surface area contributed by atoms with Crippen LogP contribution in [0.3, 0.4) is 0 Å². The Balaban J connectivity index is 2.35. The molecule has 0 aliphatic heterocycles. The van der Waals surface area contributed by atoms with Crippen molar-refractivity contribution in [2.75, 3.05) is 11.5 Å². The molecular formula is C15H20N2. The van der Waals surface area contributed by atoms with Crippen molar-refractivity contribution >= 4 is 22.1 Å². The van der Waals surface area contributed by atoms with Gasteiger partial charge < -0.3 is 11.5 Å². The summed E-state index contributed by atoms with van der Waals surface area (Å²) in [5.74, 6) is 0. The number of hydrogen-bond donors (Lipinski definition) is 2. The van der Waals surface area contributed by atoms with Crippen LogP contribution in [0.5, 0.6) is 0 Å². The molecule has 0 fully saturated rings. The van der Waals surface area contributed by atoms with Crippen molar-refractivity contribution in [1.29, 1.82) is 0 Å². The minimum absolute atomic E-state index is 0.800. The van der Waals surface area contributed by atoms with Crippen molar-refractivity contribution in [2.45, 2.75) is 32.6 Å². The van der Waals surface area contributed by atoms with E-state index in [9.17, 15) is 0 Å². The molecule has 0 amide bonds. The van der Waals surface area contributed by atoms with Crippen molar-refractivity contribution in [2.24, 2.45) is 0 Å². The number of nitrogen functional groups attached to an aromatic ring is 2. The van der Waals surface area contributed by atoms with E-state index in [1.807, 2.05) is 18.2 Å². The predicted octanol–water partition coefficient (Wildman–Crippen LogP) is 3.74. The molecule has 0 heterocycles. The van der Waals surface area contributed by atoms with Crippen LogP contribution in [-0.4, -0.2) is 0 Å². The van der Waals surface area contributed by atoms with E-state index in [-0.39, 0.29) is 0 Å². The van der Waals surface area contributed by atoms with Gasteiger partial charge in [0.1, 0.15) is 0 Å². The summed E-state index contributed by atoms with van der Waals surface area (Å²) in [4.78, 5) is 0. The minimum Gasteiger partial charge on any atom is -0.398 e. The van der Waals surface area contributed by atoms with Gasteiger partial charge in [-0.2, -0.15) is 0 Å². The molecule has 2 aromatic carbocycles. The van der Waals surface area contributed by atoms with Gasteiger partial charge in [0, 0.05) is 16.8 Å². The van der Waals surface area contributed by atoms with Gasteiger partial charge in [-0.25, -0.2) is 0 Å². The van der Waals surface area contributed by atoms with Gasteiger partial charge in [0.25, 0.3) is 0 Å². The number of hydrogen-bond acceptors (Lipinski definition) is 2. The highest BCUT2D eigenvalue weighted by molar-refractivity contribution is 5.95. The van der Waals surface area contributed by atoms with Crippen molar-refractivity contribution < 1.29 is 0 Å². The van der Waals surface area contributed by atoms with Gasteiger partial charge in [0.2, 0.25) is 0 Å². The molecule has 2 aromatic rings. The topological polar surface area (TPSA) is 52.0 Å². The monoisotopic (exact) mass is 228 g/mol. The van der Waals surface area contributed by atoms with E-state index in [1.54, 1.807) is 0 Å². The van der Waals surface area contributed by atoms with E-state index in [2.05, 4.69) is 19.1 Å². The molecule has 0 aliphatic carbocycles. The molecule has 2 heteroatoms. The summed E-state index contributed by atoms with van der Waals surface area (Å²) in [6.45, 7) is 2.21. The van der Waals surface area contributed by atoms with Gasteiger partial charge in [0.05, 0.1) is 0 Å². The van der Waals surface area contributed by atoms with E-state index in [4.69, 9.17) is 11.5 Å². The van der Waals surface area contributed by atoms with Crippen molar-refractivity contribution in [3.8, 4) is 0 Å². The molecule has 0 radical (unpaired) electrons. The largest absolute Gasteiger partial charge is 0.398 e. The van der Waals surface area contributed by atoms with Crippen LogP contribution in [0.2, 0.25) is 0 Å². The molecular weight excluding hydrogens is 208 g/mol. The molecule has 0 atom stereocenters. The summed E-state index contributed by atoms with van der Waals surface area (Å²) in [5, 5.41) is 2.25. The molecule has 0 spiro atoms. The second-order valence-electron chi connectivity index (χ2n) is 4.58. The number of fused-ring (bicyclic) bond motifs is 1. The summed E-state index contributed by atoms with van der Waals surface area (Å²) in [7, 11) is 0. The van der Waals surface area contributed by atoms with E-state index >= 15 is 0 Å². The van der Waals surface area contributed by atoms with E-state index < -0.39 is 0 Å². The summed E-state index contributed by atoms with van der Waals surface area (Å²) in [6, 6.07) is 10.2. The number of rotatable bonds is 4. The third kappa shape index (κ3) is 2.52. The fraction of sp³-hybridized carbons (Fsp3) is 0.333. The Morgan fingerprint density at radius 1 is 1.00 bits per heavy atom. The van der Waals surface area contributed by atoms with Crippen LogP contribution in [0.4, 0.5) is 11.4 Å². The lowest BCUT2D eigenvalue weighted by molar-refractivity contribution is 0.718. The van der Waals surface area contributed by atoms with Gasteiger partial charge in [-0.15, -0.1) is 0 Å². The van der Waals surface area contributed by atoms with Crippen molar-refractivity contribution in [3.63, 3.8) is 0 Å². The Hall–Kier alpha value is -1.70. The normalized spacial score (nSPS) is 10.9. The molecule has 0 aromatic heterocycles. The van der Waals surface area contributed by atoms with Crippen LogP contribution >= 0.6 is 0 Å². The van der Waals surface area contributed by atoms with Crippen LogP contribution in [0.25, 0.3) is 10.8 Å². The lowest BCUT2D eigenvalue weighted by Gasteiger charge is -2.09. The number of benzene rings is 2. The van der Waals surface area contributed by atoms with Crippen LogP contribution < -0.4 is 11.5 Å². The molecule has 2 rings (SSSR count). The highest BCUT2D eigenvalue weighted by atomic mass is 14.6. The van der Waals surface area contributed by atoms with Gasteiger partial charge in [-0.1, -0.05) is 31.9 Å². The summed E-state index contributed by atoms with van der Waals surface area (Å²) in [5.41, 5.74) is 14.9. The average molecular weight is 228 g/mol. The van der Waals surface area contributed by atoms with Crippen LogP contribution in [0.15, 0.2) is 30.3 Å². The highest BCUT2D eigenvalue weighted by Gasteiger charge is 2.04. The zero-order valence-electron chi connectivity index (χ0n) is 10.4. The number of nitrogens with two attached hydrogens (primary N) is 2. The SMILES string of the molecule is CCCCCc1cc2cccc(N)c2cc1N. The van der Waals surface area contributed by atoms with Gasteiger partial charge >= 0.3 is 0 Å². The summed E-state index contributed by atoms with van der Waals surface area (Å²) < 4.78 is 0. The van der Waals surface area contributed by atoms with Gasteiger partial charge in [-0.05, 0) is 42.0 Å². The Morgan fingerprint density at radius 2 is 1.82 bits per heavy atom. The molecule has 0 unspecified atom stereocenters. The third-order valence-corrected chi connectivity index (χ3v) is 3.22. The minimum atomic E-state index is 0.800. The van der Waals surface area contributed by atoms with E-state index in [1.165, 1.54) is 30.2 Å². The molecule has 0 bridgehead atoms. The lowest BCUT2D eigenvalue weighted by atomic mass is 10.00. The fourth-order valence-electron chi connectivity index (χ4n) is 2.20. The first-order chi connectivity index (χ1) is 8.22. The lowest BCUT2D eigenvalue weighted by Crippen LogP contribution is -1.96. The highest BCUT2D eigenvalue weighted by Crippen LogP contribution is 2.27. The molecule has 90 valence electrons. The molecule has 0 aliphatic rings. The van der Waals surface area contributed by atoms with Crippen LogP contribution in [0, 0.1) is 0 Å². The zero-order chi connectivity index (χ0) is 12.3. The maximum Gasteiger partial charge on any atom is 0.0394 e. The summed E-state index contributed by atoms with van der Waals surface area (Å²) >= 11 is 0. The van der Waals surface area contributed by atoms with Gasteiger partial charge in [0.15, 0.2) is 0 Å². The molecule has 2 nitrogen and oxygen atoms in total. The Labute approximate surface area is 103 Å². The Morgan fingerprint density at radius 3 is 2.59 bits per heavy atom. The number of anilines is 2. The average Bonchev–Trinajstić information content (AvgIpc) is 2.31. The van der Waals surface area contributed by atoms with Crippen LogP contribution in [0.1, 0.15) is 31.7 Å². The van der Waals surface area contributed by atoms with Gasteiger partial charge in [-0.3, -0.25) is 0 Å². The number of aryl methyl sites for hydroxylation is 1. The predicted molar refractivity (Wildman–Crippen MR) is 76.0 cm³/mol. The number of unbranched alkanes of at least 4 members (excludes halogenated alkanes) is 2. The van der Waals surface area contributed by atoms with E-state index in [0.717, 1.165) is 23.2 Å². The van der Waals surface area contributed by atoms with Crippen molar-refractivity contribution in [1.82, 2.24) is 0 Å². The maximum absolute atomic E-state index is 6.08. The first kappa shape index (κ1) is 11.8. The standard InChI is InChI=1S/C15H20N2/c1-2-3-4-6-12-9-11-7-5-8-14(16)13(11)10-15(12)17/h5,7-10H,2-4,6,16-17H2,1H3.